The number of pyridine rings is 1. The molecule has 1 aromatic carbocycles. The van der Waals surface area contributed by atoms with Crippen LogP contribution in [-0.4, -0.2) is 21.1 Å². The second kappa shape index (κ2) is 5.28. The highest BCUT2D eigenvalue weighted by Gasteiger charge is 2.15. The van der Waals surface area contributed by atoms with Gasteiger partial charge in [-0.05, 0) is 36.8 Å². The zero-order valence-electron chi connectivity index (χ0n) is 11.3. The van der Waals surface area contributed by atoms with E-state index in [1.165, 1.54) is 10.7 Å². The maximum Gasteiger partial charge on any atom is 0.153 e. The van der Waals surface area contributed by atoms with Crippen LogP contribution in [0.25, 0.3) is 17.1 Å². The van der Waals surface area contributed by atoms with Crippen molar-refractivity contribution < 1.29 is 9.18 Å². The molecule has 0 unspecified atom stereocenters. The molecule has 0 amide bonds. The Bertz CT molecular complexity index is 811. The molecule has 5 heteroatoms. The van der Waals surface area contributed by atoms with E-state index >= 15 is 0 Å². The van der Waals surface area contributed by atoms with Gasteiger partial charge in [-0.15, -0.1) is 0 Å². The lowest BCUT2D eigenvalue weighted by Gasteiger charge is -2.01. The molecule has 0 aliphatic carbocycles. The van der Waals surface area contributed by atoms with Crippen molar-refractivity contribution in [3.8, 4) is 17.1 Å². The van der Waals surface area contributed by atoms with E-state index in [-0.39, 0.29) is 0 Å². The SMILES string of the molecule is Cc1ccnc(-n2cc(C=O)c(-c3ccccc3F)n2)c1. The van der Waals surface area contributed by atoms with E-state index in [2.05, 4.69) is 10.1 Å². The van der Waals surface area contributed by atoms with Gasteiger partial charge in [-0.3, -0.25) is 4.79 Å². The van der Waals surface area contributed by atoms with E-state index in [1.54, 1.807) is 30.6 Å². The van der Waals surface area contributed by atoms with Crippen LogP contribution in [0.3, 0.4) is 0 Å². The van der Waals surface area contributed by atoms with Crippen molar-refractivity contribution in [1.29, 1.82) is 0 Å². The maximum atomic E-state index is 13.9. The van der Waals surface area contributed by atoms with Gasteiger partial charge in [-0.1, -0.05) is 12.1 Å². The molecule has 21 heavy (non-hydrogen) atoms. The summed E-state index contributed by atoms with van der Waals surface area (Å²) in [5.41, 5.74) is 1.96. The second-order valence-electron chi connectivity index (χ2n) is 4.67. The van der Waals surface area contributed by atoms with Crippen LogP contribution in [0.5, 0.6) is 0 Å². The minimum absolute atomic E-state index is 0.297. The van der Waals surface area contributed by atoms with Crippen molar-refractivity contribution in [2.75, 3.05) is 0 Å². The molecule has 2 aromatic heterocycles. The van der Waals surface area contributed by atoms with Gasteiger partial charge in [0.25, 0.3) is 0 Å². The molecule has 0 saturated carbocycles. The number of aldehydes is 1. The van der Waals surface area contributed by atoms with E-state index in [4.69, 9.17) is 0 Å². The summed E-state index contributed by atoms with van der Waals surface area (Å²) in [6, 6.07) is 9.94. The lowest BCUT2D eigenvalue weighted by Crippen LogP contribution is -1.98. The lowest BCUT2D eigenvalue weighted by atomic mass is 10.1. The van der Waals surface area contributed by atoms with Gasteiger partial charge in [0, 0.05) is 18.0 Å². The topological polar surface area (TPSA) is 47.8 Å². The van der Waals surface area contributed by atoms with Gasteiger partial charge in [0.15, 0.2) is 12.1 Å². The summed E-state index contributed by atoms with van der Waals surface area (Å²) in [5.74, 6) is 0.170. The number of benzene rings is 1. The summed E-state index contributed by atoms with van der Waals surface area (Å²) in [7, 11) is 0. The van der Waals surface area contributed by atoms with Crippen molar-refractivity contribution in [2.24, 2.45) is 0 Å². The van der Waals surface area contributed by atoms with Crippen LogP contribution in [0.4, 0.5) is 4.39 Å². The Morgan fingerprint density at radius 1 is 1.24 bits per heavy atom. The number of rotatable bonds is 3. The Kier molecular flexibility index (Phi) is 3.31. The molecule has 0 aliphatic rings. The first kappa shape index (κ1) is 13.2. The highest BCUT2D eigenvalue weighted by atomic mass is 19.1. The zero-order chi connectivity index (χ0) is 14.8. The quantitative estimate of drug-likeness (QED) is 0.693. The maximum absolute atomic E-state index is 13.9. The molecular weight excluding hydrogens is 269 g/mol. The van der Waals surface area contributed by atoms with Gasteiger partial charge in [0.2, 0.25) is 0 Å². The fraction of sp³-hybridized carbons (Fsp3) is 0.0625. The van der Waals surface area contributed by atoms with Gasteiger partial charge < -0.3 is 0 Å². The van der Waals surface area contributed by atoms with Crippen molar-refractivity contribution in [3.05, 3.63) is 65.7 Å². The first-order valence-corrected chi connectivity index (χ1v) is 6.42. The predicted molar refractivity (Wildman–Crippen MR) is 76.9 cm³/mol. The average Bonchev–Trinajstić information content (AvgIpc) is 2.92. The Balaban J connectivity index is 2.15. The molecule has 0 radical (unpaired) electrons. The van der Waals surface area contributed by atoms with Crippen LogP contribution in [0.1, 0.15) is 15.9 Å². The molecule has 2 heterocycles. The second-order valence-corrected chi connectivity index (χ2v) is 4.67. The highest BCUT2D eigenvalue weighted by molar-refractivity contribution is 5.85. The van der Waals surface area contributed by atoms with E-state index in [0.29, 0.717) is 28.9 Å². The number of hydrogen-bond acceptors (Lipinski definition) is 3. The standard InChI is InChI=1S/C16H12FN3O/c1-11-6-7-18-15(8-11)20-9-12(10-21)16(19-20)13-4-2-3-5-14(13)17/h2-10H,1H3. The van der Waals surface area contributed by atoms with Crippen molar-refractivity contribution in [1.82, 2.24) is 14.8 Å². The van der Waals surface area contributed by atoms with E-state index in [0.717, 1.165) is 5.56 Å². The Morgan fingerprint density at radius 3 is 2.76 bits per heavy atom. The average molecular weight is 281 g/mol. The number of halogens is 1. The molecule has 0 N–H and O–H groups in total. The van der Waals surface area contributed by atoms with Crippen molar-refractivity contribution in [2.45, 2.75) is 6.92 Å². The summed E-state index contributed by atoms with van der Waals surface area (Å²) in [6.07, 6.45) is 3.88. The van der Waals surface area contributed by atoms with Crippen molar-refractivity contribution in [3.63, 3.8) is 0 Å². The summed E-state index contributed by atoms with van der Waals surface area (Å²) in [4.78, 5) is 15.4. The molecule has 3 rings (SSSR count). The number of carbonyl (C=O) groups excluding carboxylic acids is 1. The molecule has 4 nitrogen and oxygen atoms in total. The van der Waals surface area contributed by atoms with Gasteiger partial charge in [0.1, 0.15) is 11.5 Å². The molecule has 0 saturated heterocycles. The fourth-order valence-electron chi connectivity index (χ4n) is 2.10. The number of hydrogen-bond donors (Lipinski definition) is 0. The molecule has 0 aliphatic heterocycles. The molecule has 0 fully saturated rings. The van der Waals surface area contributed by atoms with Crippen LogP contribution in [0.15, 0.2) is 48.8 Å². The molecular formula is C16H12FN3O. The smallest absolute Gasteiger partial charge is 0.153 e. The van der Waals surface area contributed by atoms with E-state index in [1.807, 2.05) is 19.1 Å². The van der Waals surface area contributed by atoms with E-state index in [9.17, 15) is 9.18 Å². The third-order valence-corrected chi connectivity index (χ3v) is 3.13. The van der Waals surface area contributed by atoms with Gasteiger partial charge in [-0.25, -0.2) is 14.1 Å². The molecule has 3 aromatic rings. The number of nitrogens with zero attached hydrogens (tertiary/aromatic N) is 3. The largest absolute Gasteiger partial charge is 0.298 e. The monoisotopic (exact) mass is 281 g/mol. The first-order valence-electron chi connectivity index (χ1n) is 6.42. The lowest BCUT2D eigenvalue weighted by molar-refractivity contribution is 0.112. The van der Waals surface area contributed by atoms with Crippen LogP contribution in [0, 0.1) is 12.7 Å². The molecule has 0 bridgehead atoms. The van der Waals surface area contributed by atoms with Gasteiger partial charge in [0.05, 0.1) is 5.56 Å². The highest BCUT2D eigenvalue weighted by Crippen LogP contribution is 2.24. The first-order chi connectivity index (χ1) is 10.2. The minimum atomic E-state index is -0.414. The Hall–Kier alpha value is -2.82. The summed E-state index contributed by atoms with van der Waals surface area (Å²) < 4.78 is 15.4. The molecule has 0 atom stereocenters. The summed E-state index contributed by atoms with van der Waals surface area (Å²) in [5, 5.41) is 4.31. The Labute approximate surface area is 120 Å². The van der Waals surface area contributed by atoms with Crippen LogP contribution < -0.4 is 0 Å². The number of carbonyl (C=O) groups is 1. The number of aryl methyl sites for hydroxylation is 1. The minimum Gasteiger partial charge on any atom is -0.298 e. The van der Waals surface area contributed by atoms with Gasteiger partial charge >= 0.3 is 0 Å². The summed E-state index contributed by atoms with van der Waals surface area (Å²) in [6.45, 7) is 1.94. The van der Waals surface area contributed by atoms with Crippen LogP contribution in [0.2, 0.25) is 0 Å². The fourth-order valence-corrected chi connectivity index (χ4v) is 2.10. The molecule has 104 valence electrons. The van der Waals surface area contributed by atoms with Gasteiger partial charge in [-0.2, -0.15) is 5.10 Å². The third-order valence-electron chi connectivity index (χ3n) is 3.13. The van der Waals surface area contributed by atoms with Crippen LogP contribution >= 0.6 is 0 Å². The number of aromatic nitrogens is 3. The van der Waals surface area contributed by atoms with Crippen molar-refractivity contribution >= 4 is 6.29 Å². The zero-order valence-corrected chi connectivity index (χ0v) is 11.3. The predicted octanol–water partition coefficient (Wildman–Crippen LogP) is 3.19. The normalized spacial score (nSPS) is 10.6. The Morgan fingerprint density at radius 2 is 2.05 bits per heavy atom. The van der Waals surface area contributed by atoms with Crippen LogP contribution in [-0.2, 0) is 0 Å². The third kappa shape index (κ3) is 2.45. The summed E-state index contributed by atoms with van der Waals surface area (Å²) >= 11 is 0. The molecule has 0 spiro atoms. The van der Waals surface area contributed by atoms with E-state index < -0.39 is 5.82 Å².